The zero-order valence-electron chi connectivity index (χ0n) is 19.6. The van der Waals surface area contributed by atoms with Crippen molar-refractivity contribution in [2.45, 2.75) is 32.7 Å². The quantitative estimate of drug-likeness (QED) is 0.381. The second-order valence-corrected chi connectivity index (χ2v) is 9.56. The average molecular weight is 495 g/mol. The fourth-order valence-electron chi connectivity index (χ4n) is 4.72. The molecule has 0 spiro atoms. The lowest BCUT2D eigenvalue weighted by atomic mass is 10.1. The summed E-state index contributed by atoms with van der Waals surface area (Å²) in [7, 11) is 0. The van der Waals surface area contributed by atoms with E-state index >= 15 is 0 Å². The number of hydrogen-bond acceptors (Lipinski definition) is 7. The molecule has 0 bridgehead atoms. The van der Waals surface area contributed by atoms with Gasteiger partial charge in [-0.05, 0) is 56.3 Å². The summed E-state index contributed by atoms with van der Waals surface area (Å²) in [5.41, 5.74) is 2.96. The molecule has 0 saturated carbocycles. The van der Waals surface area contributed by atoms with Crippen molar-refractivity contribution in [2.75, 3.05) is 26.4 Å². The molecule has 9 heteroatoms. The molecule has 1 fully saturated rings. The lowest BCUT2D eigenvalue weighted by Gasteiger charge is -2.22. The Hall–Kier alpha value is -3.59. The number of nitrogens with zero attached hydrogens (tertiary/aromatic N) is 2. The summed E-state index contributed by atoms with van der Waals surface area (Å²) in [4.78, 5) is 40.7. The lowest BCUT2D eigenvalue weighted by Crippen LogP contribution is -2.41. The molecule has 4 heterocycles. The van der Waals surface area contributed by atoms with Gasteiger partial charge in [0.05, 0.1) is 4.88 Å². The zero-order valence-corrected chi connectivity index (χ0v) is 20.4. The summed E-state index contributed by atoms with van der Waals surface area (Å²) in [5, 5.41) is 1.83. The number of rotatable bonds is 6. The van der Waals surface area contributed by atoms with Gasteiger partial charge in [-0.15, -0.1) is 11.3 Å². The molecule has 0 aliphatic carbocycles. The van der Waals surface area contributed by atoms with Crippen molar-refractivity contribution in [2.24, 2.45) is 0 Å². The van der Waals surface area contributed by atoms with Gasteiger partial charge in [-0.25, -0.2) is 4.79 Å². The zero-order chi connectivity index (χ0) is 24.5. The number of aromatic nitrogens is 1. The number of ketones is 1. The third kappa shape index (κ3) is 4.43. The Morgan fingerprint density at radius 3 is 2.66 bits per heavy atom. The first-order valence-corrected chi connectivity index (χ1v) is 12.5. The van der Waals surface area contributed by atoms with Gasteiger partial charge in [0.25, 0.3) is 5.91 Å². The first-order chi connectivity index (χ1) is 16.9. The van der Waals surface area contributed by atoms with Gasteiger partial charge in [0.1, 0.15) is 19.3 Å². The van der Waals surface area contributed by atoms with Crippen LogP contribution in [0, 0.1) is 13.8 Å². The maximum Gasteiger partial charge on any atom is 0.329 e. The summed E-state index contributed by atoms with van der Waals surface area (Å²) in [6.45, 7) is 4.91. The molecule has 1 atom stereocenters. The van der Waals surface area contributed by atoms with Crippen molar-refractivity contribution in [1.82, 2.24) is 9.47 Å². The van der Waals surface area contributed by atoms with E-state index in [0.29, 0.717) is 48.1 Å². The Morgan fingerprint density at radius 2 is 1.89 bits per heavy atom. The molecule has 2 aliphatic rings. The molecule has 35 heavy (non-hydrogen) atoms. The Kier molecular flexibility index (Phi) is 6.34. The fourth-order valence-corrected chi connectivity index (χ4v) is 5.40. The standard InChI is InChI=1S/C26H26N2O6S/c1-16-13-19(17(2)28(16)18-7-8-22-23(14-18)33-11-10-32-22)21(29)15-34-26(31)20-5-3-9-27(20)25(30)24-6-4-12-35-24/h4,6-8,12-14,20H,3,5,9-11,15H2,1-2H3/t20-/m0/s1. The third-order valence-electron chi connectivity index (χ3n) is 6.38. The molecule has 3 aromatic rings. The summed E-state index contributed by atoms with van der Waals surface area (Å²) < 4.78 is 18.7. The number of likely N-dealkylation sites (tertiary alicyclic amines) is 1. The molecule has 0 unspecified atom stereocenters. The number of amides is 1. The number of Topliss-reactive ketones (excluding diaryl/α,β-unsaturated/α-hetero) is 1. The lowest BCUT2D eigenvalue weighted by molar-refractivity contribution is -0.147. The van der Waals surface area contributed by atoms with Crippen LogP contribution in [0.4, 0.5) is 0 Å². The minimum absolute atomic E-state index is 0.172. The number of benzene rings is 1. The molecule has 2 aromatic heterocycles. The van der Waals surface area contributed by atoms with E-state index < -0.39 is 12.0 Å². The number of ether oxygens (including phenoxy) is 3. The topological polar surface area (TPSA) is 87.1 Å². The van der Waals surface area contributed by atoms with Crippen molar-refractivity contribution < 1.29 is 28.6 Å². The van der Waals surface area contributed by atoms with Crippen molar-refractivity contribution in [3.63, 3.8) is 0 Å². The van der Waals surface area contributed by atoms with Crippen LogP contribution in [0.5, 0.6) is 11.5 Å². The number of aryl methyl sites for hydroxylation is 1. The van der Waals surface area contributed by atoms with Crippen LogP contribution in [0.1, 0.15) is 44.3 Å². The minimum atomic E-state index is -0.664. The highest BCUT2D eigenvalue weighted by molar-refractivity contribution is 7.12. The molecule has 8 nitrogen and oxygen atoms in total. The second-order valence-electron chi connectivity index (χ2n) is 8.61. The normalized spacial score (nSPS) is 16.9. The number of esters is 1. The van der Waals surface area contributed by atoms with Gasteiger partial charge in [-0.2, -0.15) is 0 Å². The Balaban J connectivity index is 1.27. The van der Waals surface area contributed by atoms with Crippen LogP contribution < -0.4 is 9.47 Å². The van der Waals surface area contributed by atoms with E-state index in [1.54, 1.807) is 23.1 Å². The van der Waals surface area contributed by atoms with Crippen LogP contribution in [-0.4, -0.2) is 59.5 Å². The van der Waals surface area contributed by atoms with Crippen LogP contribution in [0.3, 0.4) is 0 Å². The monoisotopic (exact) mass is 494 g/mol. The number of carbonyl (C=O) groups excluding carboxylic acids is 3. The van der Waals surface area contributed by atoms with Crippen molar-refractivity contribution in [1.29, 1.82) is 0 Å². The summed E-state index contributed by atoms with van der Waals surface area (Å²) in [5.74, 6) is 0.366. The predicted octanol–water partition coefficient (Wildman–Crippen LogP) is 3.96. The maximum absolute atomic E-state index is 13.0. The summed E-state index contributed by atoms with van der Waals surface area (Å²) >= 11 is 1.34. The fraction of sp³-hybridized carbons (Fsp3) is 0.346. The van der Waals surface area contributed by atoms with E-state index in [0.717, 1.165) is 23.5 Å². The summed E-state index contributed by atoms with van der Waals surface area (Å²) in [6, 6.07) is 10.4. The van der Waals surface area contributed by atoms with E-state index in [9.17, 15) is 14.4 Å². The highest BCUT2D eigenvalue weighted by Crippen LogP contribution is 2.33. The Morgan fingerprint density at radius 1 is 1.09 bits per heavy atom. The molecular weight excluding hydrogens is 468 g/mol. The SMILES string of the molecule is Cc1cc(C(=O)COC(=O)[C@@H]2CCCN2C(=O)c2cccs2)c(C)n1-c1ccc2c(c1)OCCO2. The first kappa shape index (κ1) is 23.2. The van der Waals surface area contributed by atoms with Gasteiger partial charge < -0.3 is 23.7 Å². The van der Waals surface area contributed by atoms with E-state index in [1.807, 2.05) is 42.0 Å². The average Bonchev–Trinajstić information content (AvgIpc) is 3.62. The largest absolute Gasteiger partial charge is 0.486 e. The summed E-state index contributed by atoms with van der Waals surface area (Å²) in [6.07, 6.45) is 1.25. The van der Waals surface area contributed by atoms with Crippen LogP contribution in [-0.2, 0) is 9.53 Å². The molecule has 1 amide bonds. The van der Waals surface area contributed by atoms with Gasteiger partial charge in [0, 0.05) is 35.2 Å². The first-order valence-electron chi connectivity index (χ1n) is 11.6. The maximum atomic E-state index is 13.0. The van der Waals surface area contributed by atoms with Gasteiger partial charge in [0.15, 0.2) is 18.1 Å². The van der Waals surface area contributed by atoms with Gasteiger partial charge in [0.2, 0.25) is 5.78 Å². The van der Waals surface area contributed by atoms with Gasteiger partial charge >= 0.3 is 5.97 Å². The van der Waals surface area contributed by atoms with Gasteiger partial charge in [-0.1, -0.05) is 6.07 Å². The van der Waals surface area contributed by atoms with E-state index in [-0.39, 0.29) is 18.3 Å². The van der Waals surface area contributed by atoms with E-state index in [1.165, 1.54) is 11.3 Å². The van der Waals surface area contributed by atoms with E-state index in [4.69, 9.17) is 14.2 Å². The van der Waals surface area contributed by atoms with Crippen molar-refractivity contribution >= 4 is 29.0 Å². The molecular formula is C26H26N2O6S. The molecule has 2 aliphatic heterocycles. The molecule has 0 N–H and O–H groups in total. The highest BCUT2D eigenvalue weighted by atomic mass is 32.1. The number of hydrogen-bond donors (Lipinski definition) is 0. The third-order valence-corrected chi connectivity index (χ3v) is 7.24. The Labute approximate surface area is 207 Å². The molecule has 1 aromatic carbocycles. The smallest absolute Gasteiger partial charge is 0.329 e. The number of fused-ring (bicyclic) bond motifs is 1. The van der Waals surface area contributed by atoms with Crippen molar-refractivity contribution in [3.8, 4) is 17.2 Å². The number of carbonyl (C=O) groups is 3. The van der Waals surface area contributed by atoms with Crippen LogP contribution in [0.15, 0.2) is 41.8 Å². The van der Waals surface area contributed by atoms with Crippen LogP contribution in [0.25, 0.3) is 5.69 Å². The molecule has 1 saturated heterocycles. The molecule has 182 valence electrons. The minimum Gasteiger partial charge on any atom is -0.486 e. The Bertz CT molecular complexity index is 1280. The number of thiophene rings is 1. The molecule has 5 rings (SSSR count). The predicted molar refractivity (Wildman–Crippen MR) is 130 cm³/mol. The van der Waals surface area contributed by atoms with Crippen LogP contribution >= 0.6 is 11.3 Å². The molecule has 0 radical (unpaired) electrons. The van der Waals surface area contributed by atoms with Gasteiger partial charge in [-0.3, -0.25) is 9.59 Å². The van der Waals surface area contributed by atoms with E-state index in [2.05, 4.69) is 0 Å². The second kappa shape index (κ2) is 9.58. The highest BCUT2D eigenvalue weighted by Gasteiger charge is 2.36. The van der Waals surface area contributed by atoms with Crippen molar-refractivity contribution in [3.05, 3.63) is 63.6 Å². The van der Waals surface area contributed by atoms with Crippen LogP contribution in [0.2, 0.25) is 0 Å².